The van der Waals surface area contributed by atoms with Gasteiger partial charge < -0.3 is 18.9 Å². The quantitative estimate of drug-likeness (QED) is 0.575. The summed E-state index contributed by atoms with van der Waals surface area (Å²) in [5.74, 6) is 2.11. The lowest BCUT2D eigenvalue weighted by atomic mass is 10.0. The molecule has 1 aliphatic rings. The number of rotatable bonds is 6. The van der Waals surface area contributed by atoms with Gasteiger partial charge in [0.05, 0.1) is 7.11 Å². The van der Waals surface area contributed by atoms with E-state index in [9.17, 15) is 4.79 Å². The molecule has 1 unspecified atom stereocenters. The molecular formula is C22H22ClN3O4. The van der Waals surface area contributed by atoms with Crippen molar-refractivity contribution in [3.8, 4) is 22.9 Å². The number of hydrogen-bond acceptors (Lipinski definition) is 6. The number of methoxy groups -OCH3 is 1. The molecule has 1 amide bonds. The molecule has 0 aliphatic carbocycles. The molecular weight excluding hydrogens is 406 g/mol. The number of benzene rings is 2. The van der Waals surface area contributed by atoms with Gasteiger partial charge in [0.25, 0.3) is 5.91 Å². The smallest absolute Gasteiger partial charge is 0.261 e. The van der Waals surface area contributed by atoms with E-state index >= 15 is 0 Å². The molecule has 2 aromatic carbocycles. The topological polar surface area (TPSA) is 77.7 Å². The lowest BCUT2D eigenvalue weighted by molar-refractivity contribution is -0.138. The van der Waals surface area contributed by atoms with Crippen molar-refractivity contribution >= 4 is 17.5 Å². The Labute approximate surface area is 179 Å². The van der Waals surface area contributed by atoms with Crippen molar-refractivity contribution in [2.75, 3.05) is 20.3 Å². The minimum atomic E-state index is -0.257. The van der Waals surface area contributed by atoms with E-state index in [4.69, 9.17) is 25.6 Å². The Balaban J connectivity index is 1.47. The number of hydrogen-bond donors (Lipinski definition) is 0. The van der Waals surface area contributed by atoms with Crippen molar-refractivity contribution in [3.63, 3.8) is 0 Å². The average molecular weight is 428 g/mol. The van der Waals surface area contributed by atoms with Crippen LogP contribution in [-0.4, -0.2) is 41.2 Å². The van der Waals surface area contributed by atoms with Gasteiger partial charge in [-0.05, 0) is 55.7 Å². The molecule has 0 radical (unpaired) electrons. The van der Waals surface area contributed by atoms with Gasteiger partial charge in [-0.25, -0.2) is 0 Å². The zero-order valence-electron chi connectivity index (χ0n) is 16.6. The summed E-state index contributed by atoms with van der Waals surface area (Å²) in [5.41, 5.74) is 0.795. The van der Waals surface area contributed by atoms with Crippen LogP contribution in [-0.2, 0) is 4.79 Å². The molecule has 3 aromatic rings. The maximum absolute atomic E-state index is 12.9. The summed E-state index contributed by atoms with van der Waals surface area (Å²) in [6.07, 6.45) is 2.69. The molecule has 156 valence electrons. The van der Waals surface area contributed by atoms with Gasteiger partial charge in [-0.2, -0.15) is 4.98 Å². The van der Waals surface area contributed by atoms with E-state index in [1.165, 1.54) is 0 Å². The Hall–Kier alpha value is -3.06. The van der Waals surface area contributed by atoms with Gasteiger partial charge in [-0.3, -0.25) is 4.79 Å². The molecule has 0 saturated carbocycles. The second-order valence-corrected chi connectivity index (χ2v) is 7.47. The Morgan fingerprint density at radius 3 is 2.83 bits per heavy atom. The van der Waals surface area contributed by atoms with Gasteiger partial charge in [0.1, 0.15) is 17.5 Å². The third-order valence-corrected chi connectivity index (χ3v) is 5.31. The molecule has 30 heavy (non-hydrogen) atoms. The number of aromatic nitrogens is 2. The molecule has 0 spiro atoms. The van der Waals surface area contributed by atoms with Gasteiger partial charge in [0, 0.05) is 17.1 Å². The molecule has 0 bridgehead atoms. The molecule has 1 fully saturated rings. The van der Waals surface area contributed by atoms with Crippen molar-refractivity contribution in [3.05, 3.63) is 59.4 Å². The largest absolute Gasteiger partial charge is 0.497 e. The number of carbonyl (C=O) groups excluding carboxylic acids is 1. The highest BCUT2D eigenvalue weighted by Crippen LogP contribution is 2.32. The van der Waals surface area contributed by atoms with Crippen LogP contribution in [0.5, 0.6) is 11.5 Å². The monoisotopic (exact) mass is 427 g/mol. The number of carbonyl (C=O) groups is 1. The predicted octanol–water partition coefficient (Wildman–Crippen LogP) is 4.53. The molecule has 1 aliphatic heterocycles. The first kappa shape index (κ1) is 20.2. The summed E-state index contributed by atoms with van der Waals surface area (Å²) in [4.78, 5) is 19.2. The highest BCUT2D eigenvalue weighted by molar-refractivity contribution is 6.30. The highest BCUT2D eigenvalue weighted by Gasteiger charge is 2.32. The summed E-state index contributed by atoms with van der Waals surface area (Å²) < 4.78 is 16.4. The van der Waals surface area contributed by atoms with Crippen LogP contribution in [0, 0.1) is 0 Å². The standard InChI is InChI=1S/C22H22ClN3O4/c1-28-18-6-4-5-15(13-18)21-24-22(30-25-21)19-7-2-3-12-26(19)20(27)14-29-17-10-8-16(23)9-11-17/h4-6,8-11,13,19H,2-3,7,12,14H2,1H3. The van der Waals surface area contributed by atoms with Gasteiger partial charge >= 0.3 is 0 Å². The van der Waals surface area contributed by atoms with E-state index in [1.807, 2.05) is 24.3 Å². The maximum Gasteiger partial charge on any atom is 0.261 e. The van der Waals surface area contributed by atoms with Crippen LogP contribution in [0.2, 0.25) is 5.02 Å². The summed E-state index contributed by atoms with van der Waals surface area (Å²) in [5, 5.41) is 4.73. The Kier molecular flexibility index (Phi) is 6.18. The predicted molar refractivity (Wildman–Crippen MR) is 112 cm³/mol. The van der Waals surface area contributed by atoms with Crippen LogP contribution in [0.3, 0.4) is 0 Å². The minimum Gasteiger partial charge on any atom is -0.497 e. The highest BCUT2D eigenvalue weighted by atomic mass is 35.5. The zero-order chi connectivity index (χ0) is 20.9. The Morgan fingerprint density at radius 1 is 1.20 bits per heavy atom. The van der Waals surface area contributed by atoms with Gasteiger partial charge in [-0.1, -0.05) is 28.9 Å². The van der Waals surface area contributed by atoms with Crippen LogP contribution < -0.4 is 9.47 Å². The molecule has 8 heteroatoms. The van der Waals surface area contributed by atoms with E-state index in [2.05, 4.69) is 10.1 Å². The summed E-state index contributed by atoms with van der Waals surface area (Å²) in [6.45, 7) is 0.569. The average Bonchev–Trinajstić information content (AvgIpc) is 3.29. The number of halogens is 1. The number of amides is 1. The summed E-state index contributed by atoms with van der Waals surface area (Å²) in [7, 11) is 1.61. The summed E-state index contributed by atoms with van der Waals surface area (Å²) in [6, 6.07) is 14.1. The first-order valence-corrected chi connectivity index (χ1v) is 10.2. The van der Waals surface area contributed by atoms with E-state index in [1.54, 1.807) is 36.3 Å². The molecule has 1 atom stereocenters. The summed E-state index contributed by atoms with van der Waals surface area (Å²) >= 11 is 5.89. The van der Waals surface area contributed by atoms with Crippen molar-refractivity contribution in [2.45, 2.75) is 25.3 Å². The fourth-order valence-corrected chi connectivity index (χ4v) is 3.62. The third-order valence-electron chi connectivity index (χ3n) is 5.05. The number of piperidine rings is 1. The number of ether oxygens (including phenoxy) is 2. The van der Waals surface area contributed by atoms with Crippen LogP contribution >= 0.6 is 11.6 Å². The molecule has 1 aromatic heterocycles. The molecule has 2 heterocycles. The second kappa shape index (κ2) is 9.17. The van der Waals surface area contributed by atoms with Crippen molar-refractivity contribution < 1.29 is 18.8 Å². The van der Waals surface area contributed by atoms with E-state index < -0.39 is 0 Å². The van der Waals surface area contributed by atoms with E-state index in [-0.39, 0.29) is 18.6 Å². The van der Waals surface area contributed by atoms with Crippen LogP contribution in [0.15, 0.2) is 53.1 Å². The van der Waals surface area contributed by atoms with Crippen LogP contribution in [0.4, 0.5) is 0 Å². The van der Waals surface area contributed by atoms with Gasteiger partial charge in [-0.15, -0.1) is 0 Å². The van der Waals surface area contributed by atoms with Crippen LogP contribution in [0.1, 0.15) is 31.2 Å². The Bertz CT molecular complexity index is 1010. The van der Waals surface area contributed by atoms with E-state index in [0.717, 1.165) is 24.8 Å². The number of likely N-dealkylation sites (tertiary alicyclic amines) is 1. The first-order chi connectivity index (χ1) is 14.6. The fourth-order valence-electron chi connectivity index (χ4n) is 3.50. The van der Waals surface area contributed by atoms with Crippen molar-refractivity contribution in [1.29, 1.82) is 0 Å². The number of nitrogens with zero attached hydrogens (tertiary/aromatic N) is 3. The van der Waals surface area contributed by atoms with Gasteiger partial charge in [0.15, 0.2) is 6.61 Å². The Morgan fingerprint density at radius 2 is 2.03 bits per heavy atom. The fraction of sp³-hybridized carbons (Fsp3) is 0.318. The molecule has 7 nitrogen and oxygen atoms in total. The normalized spacial score (nSPS) is 16.3. The molecule has 1 saturated heterocycles. The second-order valence-electron chi connectivity index (χ2n) is 7.03. The lowest BCUT2D eigenvalue weighted by Crippen LogP contribution is -2.41. The van der Waals surface area contributed by atoms with Crippen molar-refractivity contribution in [2.24, 2.45) is 0 Å². The SMILES string of the molecule is COc1cccc(-c2noc(C3CCCCN3C(=O)COc3ccc(Cl)cc3)n2)c1. The van der Waals surface area contributed by atoms with E-state index in [0.29, 0.717) is 34.8 Å². The minimum absolute atomic E-state index is 0.0605. The molecule has 0 N–H and O–H groups in total. The lowest BCUT2D eigenvalue weighted by Gasteiger charge is -2.33. The third kappa shape index (κ3) is 4.57. The van der Waals surface area contributed by atoms with Gasteiger partial charge in [0.2, 0.25) is 11.7 Å². The van der Waals surface area contributed by atoms with Crippen LogP contribution in [0.25, 0.3) is 11.4 Å². The first-order valence-electron chi connectivity index (χ1n) is 9.80. The zero-order valence-corrected chi connectivity index (χ0v) is 17.3. The molecule has 4 rings (SSSR count). The maximum atomic E-state index is 12.9. The van der Waals surface area contributed by atoms with Crippen molar-refractivity contribution in [1.82, 2.24) is 15.0 Å².